The van der Waals surface area contributed by atoms with Gasteiger partial charge in [0.2, 0.25) is 0 Å². The molecule has 3 heteroatoms. The molecular weight excluding hydrogens is 373 g/mol. The maximum Gasteiger partial charge on any atom is 0.144 e. The molecule has 0 saturated heterocycles. The fourth-order valence-corrected chi connectivity index (χ4v) is 4.66. The van der Waals surface area contributed by atoms with E-state index in [1.807, 2.05) is 30.5 Å². The van der Waals surface area contributed by atoms with Crippen LogP contribution in [0.5, 0.6) is 0 Å². The van der Waals surface area contributed by atoms with E-state index in [-0.39, 0.29) is 0 Å². The molecule has 0 N–H and O–H groups in total. The summed E-state index contributed by atoms with van der Waals surface area (Å²) in [4.78, 5) is 4.74. The fourth-order valence-electron chi connectivity index (χ4n) is 4.66. The Kier molecular flexibility index (Phi) is 3.79. The quantitative estimate of drug-likeness (QED) is 0.308. The number of benzene rings is 3. The Morgan fingerprint density at radius 3 is 2.73 bits per heavy atom. The first-order chi connectivity index (χ1) is 14.7. The summed E-state index contributed by atoms with van der Waals surface area (Å²) >= 11 is 0. The van der Waals surface area contributed by atoms with Gasteiger partial charge in [-0.15, -0.1) is 0 Å². The standard InChI is InChI=1S/C27H20FNO/c1-16-12-23-22-4-2-3-5-25(22)30-27(23)24(13-16)26-21-9-7-17(14-19(21)10-11-29-26)18-6-8-20(28)15-18/h2-5,7,9-15,20H,6,8H2,1H3. The second-order valence-electron chi connectivity index (χ2n) is 8.13. The second kappa shape index (κ2) is 6.53. The summed E-state index contributed by atoms with van der Waals surface area (Å²) in [5, 5.41) is 4.41. The second-order valence-corrected chi connectivity index (χ2v) is 8.13. The molecule has 30 heavy (non-hydrogen) atoms. The first kappa shape index (κ1) is 17.4. The average molecular weight is 393 g/mol. The zero-order valence-electron chi connectivity index (χ0n) is 16.7. The first-order valence-electron chi connectivity index (χ1n) is 10.3. The molecular formula is C27H20FNO. The molecule has 0 amide bonds. The van der Waals surface area contributed by atoms with Gasteiger partial charge in [0.25, 0.3) is 0 Å². The maximum absolute atomic E-state index is 13.6. The van der Waals surface area contributed by atoms with E-state index in [9.17, 15) is 4.39 Å². The largest absolute Gasteiger partial charge is 0.455 e. The van der Waals surface area contributed by atoms with Gasteiger partial charge in [0, 0.05) is 27.9 Å². The van der Waals surface area contributed by atoms with Crippen molar-refractivity contribution < 1.29 is 8.81 Å². The molecule has 5 aromatic rings. The molecule has 0 radical (unpaired) electrons. The third kappa shape index (κ3) is 2.66. The van der Waals surface area contributed by atoms with Crippen molar-refractivity contribution >= 4 is 38.3 Å². The Labute approximate surface area is 173 Å². The highest BCUT2D eigenvalue weighted by molar-refractivity contribution is 6.12. The number of aryl methyl sites for hydroxylation is 1. The molecule has 1 unspecified atom stereocenters. The lowest BCUT2D eigenvalue weighted by Gasteiger charge is -2.10. The van der Waals surface area contributed by atoms with Gasteiger partial charge in [0.15, 0.2) is 0 Å². The van der Waals surface area contributed by atoms with Gasteiger partial charge in [-0.1, -0.05) is 30.3 Å². The first-order valence-corrected chi connectivity index (χ1v) is 10.3. The van der Waals surface area contributed by atoms with E-state index in [1.165, 1.54) is 5.56 Å². The van der Waals surface area contributed by atoms with Crippen molar-refractivity contribution in [1.29, 1.82) is 0 Å². The fraction of sp³-hybridized carbons (Fsp3) is 0.148. The van der Waals surface area contributed by atoms with Crippen LogP contribution in [-0.2, 0) is 0 Å². The van der Waals surface area contributed by atoms with E-state index in [0.717, 1.165) is 61.5 Å². The van der Waals surface area contributed by atoms with Crippen LogP contribution in [0.25, 0.3) is 49.5 Å². The molecule has 6 rings (SSSR count). The molecule has 2 aromatic heterocycles. The lowest BCUT2D eigenvalue weighted by atomic mass is 9.96. The summed E-state index contributed by atoms with van der Waals surface area (Å²) in [7, 11) is 0. The van der Waals surface area contributed by atoms with Crippen molar-refractivity contribution in [3.63, 3.8) is 0 Å². The van der Waals surface area contributed by atoms with Crippen LogP contribution >= 0.6 is 0 Å². The summed E-state index contributed by atoms with van der Waals surface area (Å²) < 4.78 is 19.9. The number of alkyl halides is 1. The molecule has 1 aliphatic carbocycles. The van der Waals surface area contributed by atoms with E-state index >= 15 is 0 Å². The minimum atomic E-state index is -0.822. The highest BCUT2D eigenvalue weighted by Crippen LogP contribution is 2.39. The molecule has 3 aromatic carbocycles. The number of furan rings is 1. The van der Waals surface area contributed by atoms with E-state index < -0.39 is 6.17 Å². The number of allylic oxidation sites excluding steroid dienone is 2. The number of nitrogens with zero attached hydrogens (tertiary/aromatic N) is 1. The van der Waals surface area contributed by atoms with Crippen LogP contribution in [0.3, 0.4) is 0 Å². The Balaban J connectivity index is 1.60. The molecule has 2 heterocycles. The van der Waals surface area contributed by atoms with E-state index in [4.69, 9.17) is 9.40 Å². The third-order valence-corrected chi connectivity index (χ3v) is 6.08. The van der Waals surface area contributed by atoms with Gasteiger partial charge < -0.3 is 4.42 Å². The Bertz CT molecular complexity index is 1480. The lowest BCUT2D eigenvalue weighted by Crippen LogP contribution is -1.89. The lowest BCUT2D eigenvalue weighted by molar-refractivity contribution is 0.395. The van der Waals surface area contributed by atoms with Crippen LogP contribution in [-0.4, -0.2) is 11.2 Å². The molecule has 2 nitrogen and oxygen atoms in total. The number of halogens is 1. The Hall–Kier alpha value is -3.46. The SMILES string of the molecule is Cc1cc(-c2nccc3cc(C4=CC(F)CC4)ccc23)c2oc3ccccc3c2c1. The van der Waals surface area contributed by atoms with Gasteiger partial charge in [-0.05, 0) is 78.3 Å². The zero-order valence-corrected chi connectivity index (χ0v) is 16.7. The van der Waals surface area contributed by atoms with Crippen molar-refractivity contribution in [3.8, 4) is 11.3 Å². The molecule has 0 spiro atoms. The van der Waals surface area contributed by atoms with Gasteiger partial charge >= 0.3 is 0 Å². The van der Waals surface area contributed by atoms with Crippen LogP contribution in [0.4, 0.5) is 4.39 Å². The maximum atomic E-state index is 13.6. The predicted octanol–water partition coefficient (Wildman–Crippen LogP) is 7.62. The predicted molar refractivity (Wildman–Crippen MR) is 121 cm³/mol. The summed E-state index contributed by atoms with van der Waals surface area (Å²) in [6.07, 6.45) is 4.16. The number of pyridine rings is 1. The van der Waals surface area contributed by atoms with Crippen molar-refractivity contribution in [2.75, 3.05) is 0 Å². The summed E-state index contributed by atoms with van der Waals surface area (Å²) in [5.41, 5.74) is 7.03. The van der Waals surface area contributed by atoms with Gasteiger partial charge in [0.05, 0.1) is 5.69 Å². The molecule has 0 aliphatic heterocycles. The van der Waals surface area contributed by atoms with E-state index in [2.05, 4.69) is 43.3 Å². The molecule has 1 atom stereocenters. The van der Waals surface area contributed by atoms with Crippen LogP contribution in [0.15, 0.2) is 77.4 Å². The smallest absolute Gasteiger partial charge is 0.144 e. The Morgan fingerprint density at radius 1 is 0.967 bits per heavy atom. The summed E-state index contributed by atoms with van der Waals surface area (Å²) in [6.45, 7) is 2.11. The molecule has 1 aliphatic rings. The summed E-state index contributed by atoms with van der Waals surface area (Å²) in [5.74, 6) is 0. The number of hydrogen-bond acceptors (Lipinski definition) is 2. The molecule has 0 fully saturated rings. The number of hydrogen-bond donors (Lipinski definition) is 0. The van der Waals surface area contributed by atoms with Gasteiger partial charge in [0.1, 0.15) is 17.3 Å². The summed E-state index contributed by atoms with van der Waals surface area (Å²) in [6, 6.07) is 20.8. The number of fused-ring (bicyclic) bond motifs is 4. The normalized spacial score (nSPS) is 16.6. The molecule has 0 saturated carbocycles. The van der Waals surface area contributed by atoms with Gasteiger partial charge in [-0.3, -0.25) is 4.98 Å². The average Bonchev–Trinajstić information content (AvgIpc) is 3.36. The number of rotatable bonds is 2. The van der Waals surface area contributed by atoms with Crippen molar-refractivity contribution in [2.24, 2.45) is 0 Å². The monoisotopic (exact) mass is 393 g/mol. The van der Waals surface area contributed by atoms with Crippen LogP contribution in [0.2, 0.25) is 0 Å². The van der Waals surface area contributed by atoms with Crippen LogP contribution in [0.1, 0.15) is 24.0 Å². The molecule has 0 bridgehead atoms. The topological polar surface area (TPSA) is 26.0 Å². The van der Waals surface area contributed by atoms with Crippen LogP contribution in [0, 0.1) is 6.92 Å². The highest BCUT2D eigenvalue weighted by atomic mass is 19.1. The third-order valence-electron chi connectivity index (χ3n) is 6.08. The minimum Gasteiger partial charge on any atom is -0.455 e. The van der Waals surface area contributed by atoms with E-state index in [0.29, 0.717) is 6.42 Å². The van der Waals surface area contributed by atoms with Crippen molar-refractivity contribution in [1.82, 2.24) is 4.98 Å². The van der Waals surface area contributed by atoms with E-state index in [1.54, 1.807) is 6.08 Å². The highest BCUT2D eigenvalue weighted by Gasteiger charge is 2.18. The zero-order chi connectivity index (χ0) is 20.2. The van der Waals surface area contributed by atoms with Crippen LogP contribution < -0.4 is 0 Å². The minimum absolute atomic E-state index is 0.586. The number of para-hydroxylation sites is 1. The van der Waals surface area contributed by atoms with Crippen molar-refractivity contribution in [3.05, 3.63) is 84.1 Å². The Morgan fingerprint density at radius 2 is 1.87 bits per heavy atom. The number of aromatic nitrogens is 1. The van der Waals surface area contributed by atoms with Gasteiger partial charge in [-0.2, -0.15) is 0 Å². The molecule has 146 valence electrons. The van der Waals surface area contributed by atoms with Gasteiger partial charge in [-0.25, -0.2) is 4.39 Å². The van der Waals surface area contributed by atoms with Crippen molar-refractivity contribution in [2.45, 2.75) is 25.9 Å².